The Hall–Kier alpha value is -6.93. The van der Waals surface area contributed by atoms with Crippen LogP contribution < -0.4 is 19.9 Å². The van der Waals surface area contributed by atoms with E-state index in [0.717, 1.165) is 46.6 Å². The van der Waals surface area contributed by atoms with E-state index in [2.05, 4.69) is 15.3 Å². The van der Waals surface area contributed by atoms with Gasteiger partial charge in [-0.2, -0.15) is 18.4 Å². The van der Waals surface area contributed by atoms with Crippen LogP contribution in [0, 0.1) is 34.2 Å². The van der Waals surface area contributed by atoms with E-state index in [1.165, 1.54) is 36.9 Å². The highest BCUT2D eigenvalue weighted by Gasteiger charge is 2.52. The smallest absolute Gasteiger partial charge is 0.420 e. The first kappa shape index (κ1) is 53.9. The second kappa shape index (κ2) is 21.3. The second-order valence-corrected chi connectivity index (χ2v) is 19.6. The molecule has 0 aliphatic carbocycles. The van der Waals surface area contributed by atoms with Gasteiger partial charge in [-0.25, -0.2) is 18.2 Å². The lowest BCUT2D eigenvalue weighted by Crippen LogP contribution is -2.57. The topological polar surface area (TPSA) is 186 Å². The number of unbranched alkanes of at least 4 members (excludes halogenated alkanes) is 1. The maximum absolute atomic E-state index is 15.8. The summed E-state index contributed by atoms with van der Waals surface area (Å²) in [6.07, 6.45) is -3.78. The fourth-order valence-corrected chi connectivity index (χ4v) is 9.41. The molecule has 2 fully saturated rings. The lowest BCUT2D eigenvalue weighted by atomic mass is 9.85. The summed E-state index contributed by atoms with van der Waals surface area (Å²) in [4.78, 5) is 52.4. The summed E-state index contributed by atoms with van der Waals surface area (Å²) in [5.41, 5.74) is -4.94. The van der Waals surface area contributed by atoms with Crippen LogP contribution in [0.15, 0.2) is 79.1 Å². The summed E-state index contributed by atoms with van der Waals surface area (Å²) in [5.74, 6) is -5.54. The van der Waals surface area contributed by atoms with Crippen LogP contribution in [0.1, 0.15) is 76.9 Å². The SMILES string of the molecule is Cn1c(-c2ccccc2)cnc1C(O)C1C[C@@H](O)CN1C(=O)[C@@H](NC(=O)COCCCCOc1ccc(-c2ncc(N3C(=S)N(c4ccc(C#N)c(C(F)(F)F)c4F)C(=O)C3(C)C)cc2F)cc1F)C(C)(C)C. The third-order valence-corrected chi connectivity index (χ3v) is 13.0. The number of nitrogens with zero attached hydrogens (tertiary/aromatic N) is 7. The summed E-state index contributed by atoms with van der Waals surface area (Å²) in [7, 11) is 1.76. The minimum atomic E-state index is -5.28. The molecular formula is C51H52F6N8O7S. The number of aliphatic hydroxyl groups is 2. The van der Waals surface area contributed by atoms with Gasteiger partial charge >= 0.3 is 6.18 Å². The van der Waals surface area contributed by atoms with Gasteiger partial charge in [0.2, 0.25) is 11.8 Å². The van der Waals surface area contributed by atoms with Gasteiger partial charge < -0.3 is 39.4 Å². The number of thiocarbonyl (C=S) groups is 1. The lowest BCUT2D eigenvalue weighted by molar-refractivity contribution is -0.143. The number of nitriles is 1. The number of anilines is 2. The summed E-state index contributed by atoms with van der Waals surface area (Å²) in [5, 5.41) is 33.7. The summed E-state index contributed by atoms with van der Waals surface area (Å²) < 4.78 is 101. The Kier molecular flexibility index (Phi) is 15.7. The van der Waals surface area contributed by atoms with Crippen LogP contribution in [0.4, 0.5) is 37.7 Å². The summed E-state index contributed by atoms with van der Waals surface area (Å²) in [6.45, 7) is 7.76. The number of ether oxygens (including phenoxy) is 2. The Morgan fingerprint density at radius 1 is 0.973 bits per heavy atom. The van der Waals surface area contributed by atoms with Crippen LogP contribution >= 0.6 is 12.2 Å². The molecule has 7 rings (SSSR count). The number of carbonyl (C=O) groups excluding carboxylic acids is 3. The monoisotopic (exact) mass is 1030 g/mol. The molecule has 3 aromatic carbocycles. The number of aromatic nitrogens is 3. The van der Waals surface area contributed by atoms with Gasteiger partial charge in [0.1, 0.15) is 41.4 Å². The molecule has 4 atom stereocenters. The number of benzene rings is 3. The van der Waals surface area contributed by atoms with Crippen molar-refractivity contribution in [2.45, 2.75) is 89.9 Å². The molecule has 2 aliphatic heterocycles. The van der Waals surface area contributed by atoms with Crippen LogP contribution in [-0.2, 0) is 32.3 Å². The van der Waals surface area contributed by atoms with Gasteiger partial charge in [-0.3, -0.25) is 24.3 Å². The van der Waals surface area contributed by atoms with Crippen molar-refractivity contribution >= 4 is 46.4 Å². The van der Waals surface area contributed by atoms with Crippen LogP contribution in [0.25, 0.3) is 22.5 Å². The zero-order valence-electron chi connectivity index (χ0n) is 40.5. The molecule has 0 saturated carbocycles. The van der Waals surface area contributed by atoms with Crippen molar-refractivity contribution in [2.75, 3.05) is 36.2 Å². The number of halogens is 6. The average molecular weight is 1040 g/mol. The highest BCUT2D eigenvalue weighted by atomic mass is 32.1. The van der Waals surface area contributed by atoms with E-state index in [1.807, 2.05) is 30.3 Å². The van der Waals surface area contributed by atoms with Gasteiger partial charge in [0.25, 0.3) is 5.91 Å². The molecule has 3 amide bonds. The number of pyridine rings is 1. The quantitative estimate of drug-likeness (QED) is 0.0496. The average Bonchev–Trinajstić information content (AvgIpc) is 3.97. The molecule has 22 heteroatoms. The molecule has 3 N–H and O–H groups in total. The number of nitrogens with one attached hydrogen (secondary N) is 1. The van der Waals surface area contributed by atoms with E-state index in [9.17, 15) is 37.8 Å². The van der Waals surface area contributed by atoms with Gasteiger partial charge in [0.15, 0.2) is 28.3 Å². The Labute approximate surface area is 422 Å². The van der Waals surface area contributed by atoms with Crippen molar-refractivity contribution in [2.24, 2.45) is 12.5 Å². The largest absolute Gasteiger partial charge is 0.491 e. The number of aliphatic hydroxyl groups excluding tert-OH is 2. The lowest BCUT2D eigenvalue weighted by Gasteiger charge is -2.36. The molecule has 0 spiro atoms. The molecule has 2 saturated heterocycles. The number of likely N-dealkylation sites (tertiary alicyclic amines) is 1. The molecule has 0 bridgehead atoms. The zero-order chi connectivity index (χ0) is 53.3. The molecule has 0 radical (unpaired) electrons. The molecule has 2 unspecified atom stereocenters. The fraction of sp³-hybridized carbons (Fsp3) is 0.392. The Bertz CT molecular complexity index is 2960. The van der Waals surface area contributed by atoms with E-state index in [4.69, 9.17) is 27.0 Å². The van der Waals surface area contributed by atoms with Crippen LogP contribution in [0.2, 0.25) is 0 Å². The number of hydrogen-bond donors (Lipinski definition) is 3. The second-order valence-electron chi connectivity index (χ2n) is 19.2. The maximum Gasteiger partial charge on any atom is 0.420 e. The predicted octanol–water partition coefficient (Wildman–Crippen LogP) is 7.78. The predicted molar refractivity (Wildman–Crippen MR) is 259 cm³/mol. The number of hydrogen-bond acceptors (Lipinski definition) is 11. The van der Waals surface area contributed by atoms with Gasteiger partial charge in [0, 0.05) is 31.8 Å². The number of alkyl halides is 3. The van der Waals surface area contributed by atoms with Gasteiger partial charge in [-0.1, -0.05) is 51.1 Å². The van der Waals surface area contributed by atoms with Crippen molar-refractivity contribution in [1.82, 2.24) is 24.8 Å². The van der Waals surface area contributed by atoms with E-state index >= 15 is 13.2 Å². The van der Waals surface area contributed by atoms with E-state index in [0.29, 0.717) is 23.6 Å². The molecular weight excluding hydrogens is 983 g/mol. The summed E-state index contributed by atoms with van der Waals surface area (Å²) in [6, 6.07) is 15.0. The van der Waals surface area contributed by atoms with Crippen molar-refractivity contribution in [3.05, 3.63) is 114 Å². The maximum atomic E-state index is 15.8. The number of imidazole rings is 1. The first-order valence-electron chi connectivity index (χ1n) is 23.0. The van der Waals surface area contributed by atoms with Crippen LogP contribution in [0.3, 0.4) is 0 Å². The van der Waals surface area contributed by atoms with Crippen LogP contribution in [-0.4, -0.2) is 103 Å². The number of amides is 3. The molecule has 2 aromatic heterocycles. The minimum Gasteiger partial charge on any atom is -0.491 e. The molecule has 15 nitrogen and oxygen atoms in total. The molecule has 4 heterocycles. The molecule has 2 aliphatic rings. The number of rotatable bonds is 16. The Morgan fingerprint density at radius 3 is 2.32 bits per heavy atom. The standard InChI is InChI=1S/C51H52F6N8O7S/c1-49(2,3)44(46(69)63-26-32(66)22-36(63)43(68)45-60-25-37(62(45)6)28-12-8-7-9-13-28)61-39(67)27-71-18-10-11-19-72-38-17-15-29(20-33(38)52)42-34(53)21-31(24-59-42)65-48(73)64(47(70)50(65,4)5)35-16-14-30(23-58)40(41(35)54)51(55,56)57/h7-9,12-17,20-21,24-25,32,36,43-44,66,68H,10-11,18-19,22,26-27H2,1-6H3,(H,61,67)/t32-,36?,43?,44-/m1/s1. The van der Waals surface area contributed by atoms with Crippen molar-refractivity contribution in [1.29, 1.82) is 5.26 Å². The molecule has 73 heavy (non-hydrogen) atoms. The van der Waals surface area contributed by atoms with Crippen molar-refractivity contribution < 1.29 is 60.4 Å². The van der Waals surface area contributed by atoms with Crippen molar-refractivity contribution in [3.8, 4) is 34.3 Å². The van der Waals surface area contributed by atoms with Gasteiger partial charge in [-0.05, 0) is 86.6 Å². The van der Waals surface area contributed by atoms with E-state index < -0.39 is 98.5 Å². The minimum absolute atomic E-state index is 0.00810. The first-order chi connectivity index (χ1) is 34.4. The third kappa shape index (κ3) is 11.0. The highest BCUT2D eigenvalue weighted by molar-refractivity contribution is 7.81. The first-order valence-corrected chi connectivity index (χ1v) is 23.4. The van der Waals surface area contributed by atoms with E-state index in [1.54, 1.807) is 38.6 Å². The zero-order valence-corrected chi connectivity index (χ0v) is 41.3. The van der Waals surface area contributed by atoms with Gasteiger partial charge in [0.05, 0.1) is 59.8 Å². The van der Waals surface area contributed by atoms with Crippen molar-refractivity contribution in [3.63, 3.8) is 0 Å². The molecule has 386 valence electrons. The van der Waals surface area contributed by atoms with Gasteiger partial charge in [-0.15, -0.1) is 0 Å². The van der Waals surface area contributed by atoms with Crippen LogP contribution in [0.5, 0.6) is 5.75 Å². The normalized spacial score (nSPS) is 17.7. The Balaban J connectivity index is 0.900. The summed E-state index contributed by atoms with van der Waals surface area (Å²) >= 11 is 5.42. The fourth-order valence-electron chi connectivity index (χ4n) is 8.89. The number of carbonyl (C=O) groups is 3. The highest BCUT2D eigenvalue weighted by Crippen LogP contribution is 2.43. The third-order valence-electron chi connectivity index (χ3n) is 12.6. The Morgan fingerprint density at radius 2 is 1.67 bits per heavy atom. The number of β-amino-alcohol motifs (C(OH)–C–C–N with tert-alkyl or cyclic N) is 1. The van der Waals surface area contributed by atoms with E-state index in [-0.39, 0.29) is 55.5 Å². The molecule has 5 aromatic rings.